The third-order valence-corrected chi connectivity index (χ3v) is 5.13. The Kier molecular flexibility index (Phi) is 7.25. The van der Waals surface area contributed by atoms with Gasteiger partial charge in [0.15, 0.2) is 6.10 Å². The highest BCUT2D eigenvalue weighted by Gasteiger charge is 2.25. The van der Waals surface area contributed by atoms with E-state index in [0.717, 1.165) is 11.3 Å². The van der Waals surface area contributed by atoms with E-state index >= 15 is 0 Å². The lowest BCUT2D eigenvalue weighted by Crippen LogP contribution is -2.42. The molecule has 0 fully saturated rings. The van der Waals surface area contributed by atoms with E-state index in [1.807, 2.05) is 19.1 Å². The highest BCUT2D eigenvalue weighted by Crippen LogP contribution is 2.22. The summed E-state index contributed by atoms with van der Waals surface area (Å²) in [7, 11) is 1.78. The Bertz CT molecular complexity index is 971. The number of nitrogens with one attached hydrogen (secondary N) is 2. The Hall–Kier alpha value is -3.16. The number of hydrogen-bond donors (Lipinski definition) is 2. The van der Waals surface area contributed by atoms with Crippen LogP contribution in [0.3, 0.4) is 0 Å². The second-order valence-electron chi connectivity index (χ2n) is 8.76. The molecule has 2 amide bonds. The molecule has 168 valence electrons. The van der Waals surface area contributed by atoms with Gasteiger partial charge in [-0.05, 0) is 50.8 Å². The summed E-state index contributed by atoms with van der Waals surface area (Å²) in [5, 5.41) is 9.59. The number of aryl methyl sites for hydroxylation is 2. The Morgan fingerprint density at radius 3 is 2.13 bits per heavy atom. The third kappa shape index (κ3) is 5.93. The number of rotatable bonds is 6. The molecule has 8 nitrogen and oxygen atoms in total. The molecule has 1 heterocycles. The molecule has 8 heteroatoms. The van der Waals surface area contributed by atoms with Gasteiger partial charge in [-0.1, -0.05) is 32.9 Å². The number of esters is 1. The fourth-order valence-corrected chi connectivity index (χ4v) is 2.97. The third-order valence-electron chi connectivity index (χ3n) is 5.13. The van der Waals surface area contributed by atoms with E-state index in [0.29, 0.717) is 16.9 Å². The Labute approximate surface area is 183 Å². The van der Waals surface area contributed by atoms with Crippen LogP contribution < -0.4 is 10.6 Å². The molecule has 0 saturated heterocycles. The molecule has 0 spiro atoms. The van der Waals surface area contributed by atoms with Gasteiger partial charge < -0.3 is 15.4 Å². The molecule has 1 aromatic heterocycles. The summed E-state index contributed by atoms with van der Waals surface area (Å²) in [5.41, 5.74) is 3.59. The maximum absolute atomic E-state index is 12.5. The first-order valence-electron chi connectivity index (χ1n) is 10.2. The van der Waals surface area contributed by atoms with Gasteiger partial charge in [-0.3, -0.25) is 14.3 Å². The van der Waals surface area contributed by atoms with Gasteiger partial charge in [0.05, 0.1) is 17.1 Å². The maximum atomic E-state index is 12.5. The second kappa shape index (κ2) is 9.32. The van der Waals surface area contributed by atoms with Gasteiger partial charge in [0.2, 0.25) is 0 Å². The van der Waals surface area contributed by atoms with E-state index in [4.69, 9.17) is 4.74 Å². The number of aromatic nitrogens is 2. The molecular weight excluding hydrogens is 396 g/mol. The minimum Gasteiger partial charge on any atom is -0.451 e. The number of anilines is 1. The molecule has 0 radical (unpaired) electrons. The summed E-state index contributed by atoms with van der Waals surface area (Å²) in [6.07, 6.45) is -1.03. The molecule has 2 aromatic rings. The molecule has 0 aliphatic carbocycles. The summed E-state index contributed by atoms with van der Waals surface area (Å²) in [5.74, 6) is -1.55. The summed E-state index contributed by atoms with van der Waals surface area (Å²) < 4.78 is 6.90. The van der Waals surface area contributed by atoms with Crippen LogP contribution in [0.4, 0.5) is 5.69 Å². The zero-order chi connectivity index (χ0) is 23.5. The molecule has 0 saturated carbocycles. The summed E-state index contributed by atoms with van der Waals surface area (Å²) in [6, 6.07) is 6.33. The maximum Gasteiger partial charge on any atom is 0.329 e. The SMILES string of the molecule is Cc1nn(C)c(C)c1NC(=O)[C@H](C)OC(=O)[C@H](C)NC(=O)c1ccc(C(C)(C)C)cc1. The van der Waals surface area contributed by atoms with E-state index < -0.39 is 24.0 Å². The van der Waals surface area contributed by atoms with Crippen LogP contribution in [0.5, 0.6) is 0 Å². The van der Waals surface area contributed by atoms with Crippen LogP contribution in [0.2, 0.25) is 0 Å². The molecule has 0 aliphatic heterocycles. The highest BCUT2D eigenvalue weighted by atomic mass is 16.5. The Balaban J connectivity index is 1.93. The van der Waals surface area contributed by atoms with E-state index in [2.05, 4.69) is 36.5 Å². The molecular formula is C23H32N4O4. The Morgan fingerprint density at radius 2 is 1.65 bits per heavy atom. The summed E-state index contributed by atoms with van der Waals surface area (Å²) >= 11 is 0. The Morgan fingerprint density at radius 1 is 1.06 bits per heavy atom. The second-order valence-corrected chi connectivity index (χ2v) is 8.76. The van der Waals surface area contributed by atoms with Crippen LogP contribution in [-0.4, -0.2) is 39.7 Å². The smallest absolute Gasteiger partial charge is 0.329 e. The van der Waals surface area contributed by atoms with Crippen molar-refractivity contribution in [2.75, 3.05) is 5.32 Å². The van der Waals surface area contributed by atoms with E-state index in [-0.39, 0.29) is 11.3 Å². The number of carbonyl (C=O) groups is 3. The first-order chi connectivity index (χ1) is 14.3. The molecule has 0 unspecified atom stereocenters. The number of benzene rings is 1. The van der Waals surface area contributed by atoms with Gasteiger partial charge in [0.25, 0.3) is 11.8 Å². The van der Waals surface area contributed by atoms with E-state index in [1.54, 1.807) is 30.8 Å². The van der Waals surface area contributed by atoms with Crippen molar-refractivity contribution >= 4 is 23.5 Å². The first kappa shape index (κ1) is 24.1. The van der Waals surface area contributed by atoms with Gasteiger partial charge in [-0.2, -0.15) is 5.10 Å². The monoisotopic (exact) mass is 428 g/mol. The topological polar surface area (TPSA) is 102 Å². The molecule has 0 aliphatic rings. The van der Waals surface area contributed by atoms with Crippen molar-refractivity contribution in [3.05, 3.63) is 46.8 Å². The largest absolute Gasteiger partial charge is 0.451 e. The van der Waals surface area contributed by atoms with Gasteiger partial charge in [-0.15, -0.1) is 0 Å². The zero-order valence-electron chi connectivity index (χ0n) is 19.5. The molecule has 2 atom stereocenters. The molecule has 2 rings (SSSR count). The quantitative estimate of drug-likeness (QED) is 0.689. The van der Waals surface area contributed by atoms with Gasteiger partial charge in [-0.25, -0.2) is 4.79 Å². The van der Waals surface area contributed by atoms with Crippen LogP contribution in [0.1, 0.15) is 61.9 Å². The normalized spacial score (nSPS) is 13.3. The number of amides is 2. The number of ether oxygens (including phenoxy) is 1. The average Bonchev–Trinajstić information content (AvgIpc) is 2.93. The lowest BCUT2D eigenvalue weighted by atomic mass is 9.86. The van der Waals surface area contributed by atoms with Crippen molar-refractivity contribution in [2.24, 2.45) is 7.05 Å². The van der Waals surface area contributed by atoms with Crippen molar-refractivity contribution in [1.29, 1.82) is 0 Å². The first-order valence-corrected chi connectivity index (χ1v) is 10.2. The summed E-state index contributed by atoms with van der Waals surface area (Å²) in [6.45, 7) is 12.9. The molecule has 0 bridgehead atoms. The minimum atomic E-state index is -1.03. The fraction of sp³-hybridized carbons (Fsp3) is 0.478. The van der Waals surface area contributed by atoms with E-state index in [9.17, 15) is 14.4 Å². The number of hydrogen-bond acceptors (Lipinski definition) is 5. The van der Waals surface area contributed by atoms with Crippen LogP contribution in [0.25, 0.3) is 0 Å². The zero-order valence-corrected chi connectivity index (χ0v) is 19.5. The predicted molar refractivity (Wildman–Crippen MR) is 119 cm³/mol. The molecule has 31 heavy (non-hydrogen) atoms. The van der Waals surface area contributed by atoms with Crippen LogP contribution in [0, 0.1) is 13.8 Å². The van der Waals surface area contributed by atoms with Crippen molar-refractivity contribution < 1.29 is 19.1 Å². The average molecular weight is 429 g/mol. The molecule has 1 aromatic carbocycles. The highest BCUT2D eigenvalue weighted by molar-refractivity contribution is 5.98. The number of carbonyl (C=O) groups excluding carboxylic acids is 3. The fourth-order valence-electron chi connectivity index (χ4n) is 2.97. The standard InChI is InChI=1S/C23H32N4O4/c1-13-19(15(3)27(8)26-13)25-20(28)16(4)31-22(30)14(2)24-21(29)17-9-11-18(12-10-17)23(5,6)7/h9-12,14,16H,1-8H3,(H,24,29)(H,25,28)/t14-,16-/m0/s1. The van der Waals surface area contributed by atoms with E-state index in [1.165, 1.54) is 13.8 Å². The molecule has 2 N–H and O–H groups in total. The van der Waals surface area contributed by atoms with Crippen molar-refractivity contribution in [3.63, 3.8) is 0 Å². The number of nitrogens with zero attached hydrogens (tertiary/aromatic N) is 2. The van der Waals surface area contributed by atoms with Crippen molar-refractivity contribution in [1.82, 2.24) is 15.1 Å². The summed E-state index contributed by atoms with van der Waals surface area (Å²) in [4.78, 5) is 37.2. The van der Waals surface area contributed by atoms with Crippen molar-refractivity contribution in [3.8, 4) is 0 Å². The van der Waals surface area contributed by atoms with Crippen molar-refractivity contribution in [2.45, 2.75) is 66.0 Å². The van der Waals surface area contributed by atoms with Crippen LogP contribution in [-0.2, 0) is 26.8 Å². The predicted octanol–water partition coefficient (Wildman–Crippen LogP) is 3.02. The lowest BCUT2D eigenvalue weighted by molar-refractivity contribution is -0.154. The van der Waals surface area contributed by atoms with Gasteiger partial charge in [0, 0.05) is 12.6 Å². The van der Waals surface area contributed by atoms with Crippen LogP contribution >= 0.6 is 0 Å². The van der Waals surface area contributed by atoms with Gasteiger partial charge in [0.1, 0.15) is 6.04 Å². The van der Waals surface area contributed by atoms with Gasteiger partial charge >= 0.3 is 5.97 Å². The lowest BCUT2D eigenvalue weighted by Gasteiger charge is -2.20. The minimum absolute atomic E-state index is 0.0181. The van der Waals surface area contributed by atoms with Crippen LogP contribution in [0.15, 0.2) is 24.3 Å².